The van der Waals surface area contributed by atoms with Crippen molar-refractivity contribution in [1.29, 1.82) is 0 Å². The Balaban J connectivity index is 1.50. The maximum Gasteiger partial charge on any atom is 0.242 e. The molecule has 8 nitrogen and oxygen atoms in total. The smallest absolute Gasteiger partial charge is 0.242 e. The minimum Gasteiger partial charge on any atom is -0.302 e. The van der Waals surface area contributed by atoms with Crippen molar-refractivity contribution < 1.29 is 18.0 Å². The summed E-state index contributed by atoms with van der Waals surface area (Å²) >= 11 is 1.30. The zero-order chi connectivity index (χ0) is 22.4. The van der Waals surface area contributed by atoms with E-state index in [0.29, 0.717) is 22.8 Å². The predicted octanol–water partition coefficient (Wildman–Crippen LogP) is 3.45. The van der Waals surface area contributed by atoms with E-state index in [9.17, 15) is 18.0 Å². The van der Waals surface area contributed by atoms with Crippen molar-refractivity contribution in [2.45, 2.75) is 24.7 Å². The Morgan fingerprint density at radius 1 is 1.10 bits per heavy atom. The van der Waals surface area contributed by atoms with Gasteiger partial charge in [0.05, 0.1) is 10.6 Å². The first kappa shape index (κ1) is 22.7. The fourth-order valence-corrected chi connectivity index (χ4v) is 4.70. The molecular weight excluding hydrogens is 436 g/mol. The molecule has 0 saturated carbocycles. The van der Waals surface area contributed by atoms with Gasteiger partial charge >= 0.3 is 0 Å². The number of benzene rings is 1. The first-order valence-corrected chi connectivity index (χ1v) is 11.8. The van der Waals surface area contributed by atoms with Crippen LogP contribution in [0.3, 0.4) is 0 Å². The summed E-state index contributed by atoms with van der Waals surface area (Å²) in [5, 5.41) is 5.02. The fraction of sp³-hybridized carbons (Fsp3) is 0.238. The molecule has 2 aromatic heterocycles. The van der Waals surface area contributed by atoms with Crippen LogP contribution in [0.2, 0.25) is 0 Å². The van der Waals surface area contributed by atoms with E-state index in [-0.39, 0.29) is 29.6 Å². The van der Waals surface area contributed by atoms with Crippen LogP contribution in [-0.4, -0.2) is 48.0 Å². The quantitative estimate of drug-likeness (QED) is 0.492. The number of rotatable bonds is 9. The summed E-state index contributed by atoms with van der Waals surface area (Å²) in [6.07, 6.45) is 2.18. The second-order valence-electron chi connectivity index (χ2n) is 6.81. The lowest BCUT2D eigenvalue weighted by atomic mass is 10.2. The van der Waals surface area contributed by atoms with Gasteiger partial charge in [-0.3, -0.25) is 14.6 Å². The number of hydrogen-bond acceptors (Lipinski definition) is 7. The Morgan fingerprint density at radius 2 is 1.84 bits per heavy atom. The van der Waals surface area contributed by atoms with Gasteiger partial charge in [0.1, 0.15) is 5.69 Å². The third-order valence-corrected chi connectivity index (χ3v) is 7.15. The van der Waals surface area contributed by atoms with Crippen molar-refractivity contribution >= 4 is 38.2 Å². The number of hydrogen-bond donors (Lipinski definition) is 1. The molecule has 3 aromatic rings. The second-order valence-corrected chi connectivity index (χ2v) is 9.71. The molecule has 2 heterocycles. The van der Waals surface area contributed by atoms with Gasteiger partial charge < -0.3 is 5.32 Å². The molecule has 0 spiro atoms. The highest BCUT2D eigenvalue weighted by molar-refractivity contribution is 7.89. The molecule has 0 atom stereocenters. The van der Waals surface area contributed by atoms with Crippen LogP contribution >= 0.6 is 11.3 Å². The van der Waals surface area contributed by atoms with Crippen LogP contribution in [0.5, 0.6) is 0 Å². The highest BCUT2D eigenvalue weighted by atomic mass is 32.2. The number of amides is 1. The van der Waals surface area contributed by atoms with Crippen molar-refractivity contribution in [3.8, 4) is 11.4 Å². The van der Waals surface area contributed by atoms with E-state index in [2.05, 4.69) is 15.3 Å². The summed E-state index contributed by atoms with van der Waals surface area (Å²) in [7, 11) is -2.23. The molecule has 0 unspecified atom stereocenters. The third-order valence-electron chi connectivity index (χ3n) is 4.52. The molecule has 3 rings (SSSR count). The van der Waals surface area contributed by atoms with E-state index >= 15 is 0 Å². The minimum absolute atomic E-state index is 0.106. The van der Waals surface area contributed by atoms with Gasteiger partial charge in [-0.1, -0.05) is 18.2 Å². The summed E-state index contributed by atoms with van der Waals surface area (Å²) in [6.45, 7) is 1.60. The molecule has 10 heteroatoms. The summed E-state index contributed by atoms with van der Waals surface area (Å²) < 4.78 is 26.5. The van der Waals surface area contributed by atoms with E-state index in [1.807, 2.05) is 23.6 Å². The average molecular weight is 459 g/mol. The zero-order valence-electron chi connectivity index (χ0n) is 17.1. The molecule has 0 aliphatic heterocycles. The van der Waals surface area contributed by atoms with Gasteiger partial charge in [-0.05, 0) is 37.6 Å². The first-order valence-electron chi connectivity index (χ1n) is 9.51. The number of ketones is 1. The number of carbonyl (C=O) groups is 2. The van der Waals surface area contributed by atoms with Crippen molar-refractivity contribution in [2.75, 3.05) is 18.9 Å². The highest BCUT2D eigenvalue weighted by Gasteiger charge is 2.21. The summed E-state index contributed by atoms with van der Waals surface area (Å²) in [5.41, 5.74) is 1.86. The zero-order valence-corrected chi connectivity index (χ0v) is 18.7. The number of carbonyl (C=O) groups excluding carboxylic acids is 2. The molecule has 1 amide bonds. The van der Waals surface area contributed by atoms with E-state index in [4.69, 9.17) is 0 Å². The summed E-state index contributed by atoms with van der Waals surface area (Å²) in [6, 6.07) is 11.3. The number of sulfonamides is 1. The Kier molecular flexibility index (Phi) is 7.26. The van der Waals surface area contributed by atoms with Gasteiger partial charge in [0.2, 0.25) is 15.9 Å². The SMILES string of the molecule is CC(=O)c1ccc(S(=O)(=O)N(C)CCCC(=O)Nc2nc(-c3ccccn3)cs2)cc1. The Hall–Kier alpha value is -2.95. The van der Waals surface area contributed by atoms with Crippen molar-refractivity contribution in [3.63, 3.8) is 0 Å². The van der Waals surface area contributed by atoms with E-state index in [1.165, 1.54) is 53.9 Å². The topological polar surface area (TPSA) is 109 Å². The molecule has 0 radical (unpaired) electrons. The normalized spacial score (nSPS) is 11.5. The van der Waals surface area contributed by atoms with Gasteiger partial charge in [0, 0.05) is 37.2 Å². The predicted molar refractivity (Wildman–Crippen MR) is 119 cm³/mol. The number of anilines is 1. The maximum atomic E-state index is 12.6. The number of nitrogens with zero attached hydrogens (tertiary/aromatic N) is 3. The van der Waals surface area contributed by atoms with Crippen LogP contribution in [0.25, 0.3) is 11.4 Å². The monoisotopic (exact) mass is 458 g/mol. The molecule has 0 aliphatic rings. The van der Waals surface area contributed by atoms with Gasteiger partial charge in [-0.15, -0.1) is 11.3 Å². The lowest BCUT2D eigenvalue weighted by molar-refractivity contribution is -0.116. The molecular formula is C21H22N4O4S2. The standard InChI is InChI=1S/C21H22N4O4S2/c1-15(26)16-8-10-17(11-9-16)31(28,29)25(2)13-5-7-20(27)24-21-23-19(14-30-21)18-6-3-4-12-22-18/h3-4,6,8-12,14H,5,7,13H2,1-2H3,(H,23,24,27). The van der Waals surface area contributed by atoms with Crippen LogP contribution in [0, 0.1) is 0 Å². The van der Waals surface area contributed by atoms with E-state index in [0.717, 1.165) is 5.69 Å². The molecule has 0 fully saturated rings. The van der Waals surface area contributed by atoms with Crippen molar-refractivity contribution in [3.05, 3.63) is 59.6 Å². The first-order chi connectivity index (χ1) is 14.8. The number of nitrogens with one attached hydrogen (secondary N) is 1. The van der Waals surface area contributed by atoms with E-state index in [1.54, 1.807) is 6.20 Å². The van der Waals surface area contributed by atoms with Crippen LogP contribution in [0.4, 0.5) is 5.13 Å². The van der Waals surface area contributed by atoms with Gasteiger partial charge in [-0.25, -0.2) is 17.7 Å². The second kappa shape index (κ2) is 9.90. The lowest BCUT2D eigenvalue weighted by Gasteiger charge is -2.17. The summed E-state index contributed by atoms with van der Waals surface area (Å²) in [5.74, 6) is -0.366. The van der Waals surface area contributed by atoms with Crippen molar-refractivity contribution in [1.82, 2.24) is 14.3 Å². The maximum absolute atomic E-state index is 12.6. The molecule has 0 bridgehead atoms. The molecule has 1 aromatic carbocycles. The number of pyridine rings is 1. The molecule has 31 heavy (non-hydrogen) atoms. The molecule has 162 valence electrons. The Bertz CT molecular complexity index is 1160. The Morgan fingerprint density at radius 3 is 2.48 bits per heavy atom. The van der Waals surface area contributed by atoms with Crippen LogP contribution in [-0.2, 0) is 14.8 Å². The van der Waals surface area contributed by atoms with Crippen LogP contribution in [0.15, 0.2) is 58.9 Å². The van der Waals surface area contributed by atoms with Gasteiger partial charge in [0.25, 0.3) is 0 Å². The number of aromatic nitrogens is 2. The average Bonchev–Trinajstić information content (AvgIpc) is 3.22. The summed E-state index contributed by atoms with van der Waals surface area (Å²) in [4.78, 5) is 32.2. The molecule has 0 aliphatic carbocycles. The van der Waals surface area contributed by atoms with Gasteiger partial charge in [0.15, 0.2) is 10.9 Å². The van der Waals surface area contributed by atoms with E-state index < -0.39 is 10.0 Å². The lowest BCUT2D eigenvalue weighted by Crippen LogP contribution is -2.28. The van der Waals surface area contributed by atoms with Crippen LogP contribution in [0.1, 0.15) is 30.1 Å². The number of Topliss-reactive ketones (excluding diaryl/α,β-unsaturated/α-hetero) is 1. The molecule has 0 saturated heterocycles. The van der Waals surface area contributed by atoms with Crippen LogP contribution < -0.4 is 5.32 Å². The largest absolute Gasteiger partial charge is 0.302 e. The fourth-order valence-electron chi connectivity index (χ4n) is 2.77. The number of thiazole rings is 1. The molecule has 1 N–H and O–H groups in total. The minimum atomic E-state index is -3.69. The highest BCUT2D eigenvalue weighted by Crippen LogP contribution is 2.23. The Labute approximate surface area is 185 Å². The van der Waals surface area contributed by atoms with Crippen molar-refractivity contribution in [2.24, 2.45) is 0 Å². The third kappa shape index (κ3) is 5.81. The van der Waals surface area contributed by atoms with Gasteiger partial charge in [-0.2, -0.15) is 0 Å².